The number of likely N-dealkylation sites (N-methyl/N-ethyl adjacent to an activating group) is 1. The molecular weight excluding hydrogens is 380 g/mol. The number of hydrogen-bond donors (Lipinski definition) is 0. The maximum Gasteiger partial charge on any atom is 0.166 e. The van der Waals surface area contributed by atoms with Crippen molar-refractivity contribution in [1.29, 1.82) is 0 Å². The lowest BCUT2D eigenvalue weighted by Gasteiger charge is -2.33. The van der Waals surface area contributed by atoms with Gasteiger partial charge in [0.25, 0.3) is 0 Å². The third-order valence-electron chi connectivity index (χ3n) is 6.05. The summed E-state index contributed by atoms with van der Waals surface area (Å²) in [6, 6.07) is 8.23. The van der Waals surface area contributed by atoms with Gasteiger partial charge in [-0.15, -0.1) is 0 Å². The second kappa shape index (κ2) is 7.85. The fourth-order valence-electron chi connectivity index (χ4n) is 4.40. The first-order valence-electron chi connectivity index (χ1n) is 10.6. The number of piperazine rings is 1. The number of benzene rings is 1. The van der Waals surface area contributed by atoms with Gasteiger partial charge in [-0.1, -0.05) is 12.1 Å². The summed E-state index contributed by atoms with van der Waals surface area (Å²) < 4.78 is 13.6. The van der Waals surface area contributed by atoms with E-state index in [4.69, 9.17) is 24.4 Å². The molecule has 0 saturated carbocycles. The Morgan fingerprint density at radius 3 is 2.60 bits per heavy atom. The molecule has 2 fully saturated rings. The quantitative estimate of drug-likeness (QED) is 0.657. The fourth-order valence-corrected chi connectivity index (χ4v) is 4.40. The van der Waals surface area contributed by atoms with Crippen molar-refractivity contribution in [3.63, 3.8) is 0 Å². The van der Waals surface area contributed by atoms with Crippen LogP contribution in [0.15, 0.2) is 24.3 Å². The van der Waals surface area contributed by atoms with Crippen LogP contribution < -0.4 is 9.64 Å². The van der Waals surface area contributed by atoms with Gasteiger partial charge in [0.05, 0.1) is 25.3 Å². The van der Waals surface area contributed by atoms with Gasteiger partial charge >= 0.3 is 0 Å². The number of imidazole rings is 1. The molecule has 0 spiro atoms. The van der Waals surface area contributed by atoms with Crippen LogP contribution in [-0.2, 0) is 4.74 Å². The minimum Gasteiger partial charge on any atom is -0.496 e. The summed E-state index contributed by atoms with van der Waals surface area (Å²) in [5.74, 6) is 3.37. The topological polar surface area (TPSA) is 68.5 Å². The van der Waals surface area contributed by atoms with E-state index < -0.39 is 0 Å². The van der Waals surface area contributed by atoms with Crippen LogP contribution >= 0.6 is 0 Å². The minimum absolute atomic E-state index is 0.199. The Hall–Kier alpha value is -2.71. The number of ether oxygens (including phenoxy) is 2. The Morgan fingerprint density at radius 1 is 1.07 bits per heavy atom. The first-order chi connectivity index (χ1) is 14.7. The predicted octanol–water partition coefficient (Wildman–Crippen LogP) is 2.52. The van der Waals surface area contributed by atoms with Gasteiger partial charge in [0, 0.05) is 32.8 Å². The van der Waals surface area contributed by atoms with E-state index in [0.717, 1.165) is 79.2 Å². The minimum atomic E-state index is 0.199. The molecule has 8 nitrogen and oxygen atoms in total. The molecule has 1 atom stereocenters. The van der Waals surface area contributed by atoms with Gasteiger partial charge in [-0.25, -0.2) is 15.0 Å². The molecule has 8 heteroatoms. The van der Waals surface area contributed by atoms with E-state index in [2.05, 4.69) is 27.5 Å². The Bertz CT molecular complexity index is 1050. The van der Waals surface area contributed by atoms with E-state index in [1.165, 1.54) is 0 Å². The predicted molar refractivity (Wildman–Crippen MR) is 116 cm³/mol. The lowest BCUT2D eigenvalue weighted by Crippen LogP contribution is -2.45. The van der Waals surface area contributed by atoms with Gasteiger partial charge in [0.1, 0.15) is 17.4 Å². The van der Waals surface area contributed by atoms with Gasteiger partial charge in [-0.3, -0.25) is 0 Å². The first kappa shape index (κ1) is 19.3. The SMILES string of the molecule is COc1ccccc1-c1nc2c(N3CCN(C)CC3)nc(C)nc2n1[C@@H]1CCOC1. The highest BCUT2D eigenvalue weighted by Crippen LogP contribution is 2.37. The number of aryl methyl sites for hydroxylation is 1. The molecule has 30 heavy (non-hydrogen) atoms. The number of anilines is 1. The van der Waals surface area contributed by atoms with E-state index in [9.17, 15) is 0 Å². The number of methoxy groups -OCH3 is 1. The van der Waals surface area contributed by atoms with Crippen LogP contribution in [0, 0.1) is 6.92 Å². The van der Waals surface area contributed by atoms with Crippen LogP contribution in [0.2, 0.25) is 0 Å². The Balaban J connectivity index is 1.73. The van der Waals surface area contributed by atoms with Crippen LogP contribution in [0.5, 0.6) is 5.75 Å². The third kappa shape index (κ3) is 3.30. The summed E-state index contributed by atoms with van der Waals surface area (Å²) in [6.45, 7) is 7.29. The zero-order valence-electron chi connectivity index (χ0n) is 17.8. The molecule has 3 aromatic rings. The number of fused-ring (bicyclic) bond motifs is 1. The van der Waals surface area contributed by atoms with Crippen molar-refractivity contribution in [2.75, 3.05) is 58.5 Å². The molecule has 0 radical (unpaired) electrons. The van der Waals surface area contributed by atoms with Gasteiger partial charge in [-0.05, 0) is 32.5 Å². The molecule has 2 aromatic heterocycles. The number of para-hydroxylation sites is 1. The zero-order valence-corrected chi connectivity index (χ0v) is 17.8. The van der Waals surface area contributed by atoms with Crippen molar-refractivity contribution >= 4 is 17.0 Å². The summed E-state index contributed by atoms with van der Waals surface area (Å²) in [4.78, 5) is 19.5. The molecule has 0 amide bonds. The monoisotopic (exact) mass is 408 g/mol. The molecule has 2 aliphatic rings. The van der Waals surface area contributed by atoms with E-state index in [1.54, 1.807) is 7.11 Å². The molecule has 158 valence electrons. The largest absolute Gasteiger partial charge is 0.496 e. The second-order valence-electron chi connectivity index (χ2n) is 8.08. The normalized spacial score (nSPS) is 20.2. The van der Waals surface area contributed by atoms with Crippen molar-refractivity contribution in [2.24, 2.45) is 0 Å². The van der Waals surface area contributed by atoms with E-state index >= 15 is 0 Å². The first-order valence-corrected chi connectivity index (χ1v) is 10.6. The summed E-state index contributed by atoms with van der Waals surface area (Å²) in [7, 11) is 3.86. The molecule has 1 aromatic carbocycles. The van der Waals surface area contributed by atoms with Gasteiger partial charge in [0.2, 0.25) is 0 Å². The molecule has 2 aliphatic heterocycles. The molecule has 0 aliphatic carbocycles. The van der Waals surface area contributed by atoms with Crippen molar-refractivity contribution in [1.82, 2.24) is 24.4 Å². The molecular formula is C22H28N6O2. The number of rotatable bonds is 4. The Morgan fingerprint density at radius 2 is 1.87 bits per heavy atom. The van der Waals surface area contributed by atoms with Crippen molar-refractivity contribution in [3.8, 4) is 17.1 Å². The van der Waals surface area contributed by atoms with Crippen molar-refractivity contribution in [2.45, 2.75) is 19.4 Å². The van der Waals surface area contributed by atoms with Crippen LogP contribution in [0.25, 0.3) is 22.6 Å². The standard InChI is InChI=1S/C22H28N6O2/c1-15-23-21(27-11-9-26(2)10-12-27)19-22(24-15)28(16-8-13-30-14-16)20(25-19)17-6-4-5-7-18(17)29-3/h4-7,16H,8-14H2,1-3H3/t16-/m1/s1. The molecule has 2 saturated heterocycles. The molecule has 0 bridgehead atoms. The highest BCUT2D eigenvalue weighted by atomic mass is 16.5. The third-order valence-corrected chi connectivity index (χ3v) is 6.05. The maximum atomic E-state index is 5.73. The molecule has 4 heterocycles. The van der Waals surface area contributed by atoms with Gasteiger partial charge in [0.15, 0.2) is 17.0 Å². The molecule has 5 rings (SSSR count). The summed E-state index contributed by atoms with van der Waals surface area (Å²) in [5, 5.41) is 0. The smallest absolute Gasteiger partial charge is 0.166 e. The van der Waals surface area contributed by atoms with Gasteiger partial charge in [-0.2, -0.15) is 0 Å². The van der Waals surface area contributed by atoms with Crippen LogP contribution in [0.1, 0.15) is 18.3 Å². The molecule has 0 unspecified atom stereocenters. The highest BCUT2D eigenvalue weighted by Gasteiger charge is 2.29. The van der Waals surface area contributed by atoms with E-state index in [-0.39, 0.29) is 6.04 Å². The Labute approximate surface area is 176 Å². The summed E-state index contributed by atoms with van der Waals surface area (Å²) in [6.07, 6.45) is 0.945. The van der Waals surface area contributed by atoms with E-state index in [1.807, 2.05) is 25.1 Å². The van der Waals surface area contributed by atoms with Crippen LogP contribution in [-0.4, -0.2) is 78.0 Å². The number of aromatic nitrogens is 4. The van der Waals surface area contributed by atoms with Crippen molar-refractivity contribution < 1.29 is 9.47 Å². The summed E-state index contributed by atoms with van der Waals surface area (Å²) in [5.41, 5.74) is 2.71. The average Bonchev–Trinajstić information content (AvgIpc) is 3.41. The maximum absolute atomic E-state index is 5.73. The zero-order chi connectivity index (χ0) is 20.7. The lowest BCUT2D eigenvalue weighted by molar-refractivity contribution is 0.187. The van der Waals surface area contributed by atoms with Crippen LogP contribution in [0.3, 0.4) is 0 Å². The summed E-state index contributed by atoms with van der Waals surface area (Å²) >= 11 is 0. The highest BCUT2D eigenvalue weighted by molar-refractivity contribution is 5.88. The van der Waals surface area contributed by atoms with E-state index in [0.29, 0.717) is 6.61 Å². The average molecular weight is 409 g/mol. The second-order valence-corrected chi connectivity index (χ2v) is 8.08. The number of hydrogen-bond acceptors (Lipinski definition) is 7. The number of nitrogens with zero attached hydrogens (tertiary/aromatic N) is 6. The Kier molecular flexibility index (Phi) is 5.04. The van der Waals surface area contributed by atoms with Crippen molar-refractivity contribution in [3.05, 3.63) is 30.1 Å². The lowest BCUT2D eigenvalue weighted by atomic mass is 10.1. The molecule has 0 N–H and O–H groups in total. The fraction of sp³-hybridized carbons (Fsp3) is 0.500. The van der Waals surface area contributed by atoms with Crippen LogP contribution in [0.4, 0.5) is 5.82 Å². The van der Waals surface area contributed by atoms with Gasteiger partial charge < -0.3 is 23.8 Å².